The lowest BCUT2D eigenvalue weighted by Gasteiger charge is -2.18. The van der Waals surface area contributed by atoms with Crippen LogP contribution >= 0.6 is 0 Å². The molecule has 5 heterocycles. The van der Waals surface area contributed by atoms with Crippen LogP contribution in [0.2, 0.25) is 0 Å². The van der Waals surface area contributed by atoms with E-state index < -0.39 is 10.0 Å². The van der Waals surface area contributed by atoms with Gasteiger partial charge in [0.05, 0.1) is 12.3 Å². The fourth-order valence-electron chi connectivity index (χ4n) is 3.64. The van der Waals surface area contributed by atoms with E-state index in [9.17, 15) is 8.42 Å². The molecule has 1 saturated heterocycles. The van der Waals surface area contributed by atoms with Gasteiger partial charge >= 0.3 is 0 Å². The van der Waals surface area contributed by atoms with Crippen molar-refractivity contribution < 1.29 is 12.8 Å². The highest BCUT2D eigenvalue weighted by Crippen LogP contribution is 2.34. The summed E-state index contributed by atoms with van der Waals surface area (Å²) in [5, 5.41) is 0. The molecular formula is C19H17N5O3S. The molecule has 28 heavy (non-hydrogen) atoms. The molecule has 0 bridgehead atoms. The summed E-state index contributed by atoms with van der Waals surface area (Å²) in [5.74, 6) is 1.29. The number of aromatic nitrogens is 4. The van der Waals surface area contributed by atoms with Gasteiger partial charge in [-0.3, -0.25) is 4.98 Å². The van der Waals surface area contributed by atoms with Crippen molar-refractivity contribution in [1.82, 2.24) is 23.8 Å². The molecule has 1 aliphatic heterocycles. The number of furan rings is 1. The van der Waals surface area contributed by atoms with E-state index in [0.717, 1.165) is 11.2 Å². The van der Waals surface area contributed by atoms with Gasteiger partial charge in [0.15, 0.2) is 17.2 Å². The van der Waals surface area contributed by atoms with Crippen LogP contribution in [0.5, 0.6) is 0 Å². The van der Waals surface area contributed by atoms with Gasteiger partial charge in [-0.05, 0) is 42.8 Å². The summed E-state index contributed by atoms with van der Waals surface area (Å²) in [4.78, 5) is 13.3. The Bertz CT molecular complexity index is 1220. The number of imidazole rings is 1. The SMILES string of the molecule is O=S(=O)(c1cccnc1)N1CC[C@H](n2c(-c3ccco3)nc3cccnc32)C1. The molecule has 4 aromatic heterocycles. The van der Waals surface area contributed by atoms with E-state index in [1.807, 2.05) is 22.8 Å². The van der Waals surface area contributed by atoms with Gasteiger partial charge in [0.2, 0.25) is 10.0 Å². The quantitative estimate of drug-likeness (QED) is 0.527. The normalized spacial score (nSPS) is 18.1. The summed E-state index contributed by atoms with van der Waals surface area (Å²) in [7, 11) is -3.59. The molecule has 0 N–H and O–H groups in total. The second-order valence-corrected chi connectivity index (χ2v) is 8.56. The lowest BCUT2D eigenvalue weighted by atomic mass is 10.2. The van der Waals surface area contributed by atoms with Crippen LogP contribution in [-0.2, 0) is 10.0 Å². The Hall–Kier alpha value is -3.04. The van der Waals surface area contributed by atoms with Crippen LogP contribution in [0.1, 0.15) is 12.5 Å². The van der Waals surface area contributed by atoms with E-state index in [1.165, 1.54) is 10.5 Å². The van der Waals surface area contributed by atoms with Crippen molar-refractivity contribution in [3.63, 3.8) is 0 Å². The monoisotopic (exact) mass is 395 g/mol. The molecule has 5 rings (SSSR count). The fraction of sp³-hybridized carbons (Fsp3) is 0.211. The Labute approximate surface area is 161 Å². The molecular weight excluding hydrogens is 378 g/mol. The number of pyridine rings is 2. The van der Waals surface area contributed by atoms with Crippen LogP contribution in [-0.4, -0.2) is 45.3 Å². The highest BCUT2D eigenvalue weighted by molar-refractivity contribution is 7.89. The molecule has 0 saturated carbocycles. The second-order valence-electron chi connectivity index (χ2n) is 6.62. The highest BCUT2D eigenvalue weighted by atomic mass is 32.2. The molecule has 8 nitrogen and oxygen atoms in total. The molecule has 0 radical (unpaired) electrons. The molecule has 0 aromatic carbocycles. The maximum absolute atomic E-state index is 13.0. The number of hydrogen-bond acceptors (Lipinski definition) is 6. The van der Waals surface area contributed by atoms with E-state index in [2.05, 4.69) is 15.0 Å². The summed E-state index contributed by atoms with van der Waals surface area (Å²) in [6, 6.07) is 10.5. The molecule has 1 aliphatic rings. The third-order valence-electron chi connectivity index (χ3n) is 4.95. The van der Waals surface area contributed by atoms with Gasteiger partial charge in [-0.2, -0.15) is 4.31 Å². The van der Waals surface area contributed by atoms with Gasteiger partial charge in [-0.1, -0.05) is 0 Å². The van der Waals surface area contributed by atoms with E-state index in [1.54, 1.807) is 36.9 Å². The Balaban J connectivity index is 1.55. The van der Waals surface area contributed by atoms with Gasteiger partial charge in [0.1, 0.15) is 10.4 Å². The highest BCUT2D eigenvalue weighted by Gasteiger charge is 2.35. The van der Waals surface area contributed by atoms with Crippen molar-refractivity contribution in [2.75, 3.05) is 13.1 Å². The number of nitrogens with zero attached hydrogens (tertiary/aromatic N) is 5. The minimum absolute atomic E-state index is 0.0913. The minimum Gasteiger partial charge on any atom is -0.461 e. The largest absolute Gasteiger partial charge is 0.461 e. The Morgan fingerprint density at radius 1 is 1.11 bits per heavy atom. The smallest absolute Gasteiger partial charge is 0.244 e. The third kappa shape index (κ3) is 2.71. The van der Waals surface area contributed by atoms with E-state index >= 15 is 0 Å². The van der Waals surface area contributed by atoms with Gasteiger partial charge in [-0.15, -0.1) is 0 Å². The first-order valence-electron chi connectivity index (χ1n) is 8.91. The summed E-state index contributed by atoms with van der Waals surface area (Å²) < 4.78 is 35.0. The predicted octanol–water partition coefficient (Wildman–Crippen LogP) is 2.72. The Kier molecular flexibility index (Phi) is 3.99. The third-order valence-corrected chi connectivity index (χ3v) is 6.80. The van der Waals surface area contributed by atoms with Gasteiger partial charge < -0.3 is 8.98 Å². The van der Waals surface area contributed by atoms with Gasteiger partial charge in [0.25, 0.3) is 0 Å². The fourth-order valence-corrected chi connectivity index (χ4v) is 5.10. The first-order chi connectivity index (χ1) is 13.6. The standard InChI is InChI=1S/C19H17N5O3S/c25-28(26,15-4-1-8-20-12-15)23-10-7-14(13-23)24-18-16(5-2-9-21-18)22-19(24)17-6-3-11-27-17/h1-6,8-9,11-12,14H,7,10,13H2/t14-/m0/s1. The number of hydrogen-bond donors (Lipinski definition) is 0. The van der Waals surface area contributed by atoms with E-state index in [4.69, 9.17) is 4.42 Å². The number of sulfonamides is 1. The first kappa shape index (κ1) is 17.1. The van der Waals surface area contributed by atoms with Crippen molar-refractivity contribution in [2.24, 2.45) is 0 Å². The molecule has 142 valence electrons. The first-order valence-corrected chi connectivity index (χ1v) is 10.4. The van der Waals surface area contributed by atoms with Crippen molar-refractivity contribution in [2.45, 2.75) is 17.4 Å². The molecule has 0 unspecified atom stereocenters. The van der Waals surface area contributed by atoms with Crippen molar-refractivity contribution >= 4 is 21.2 Å². The van der Waals surface area contributed by atoms with Crippen LogP contribution in [0.25, 0.3) is 22.7 Å². The maximum atomic E-state index is 13.0. The summed E-state index contributed by atoms with van der Waals surface area (Å²) in [6.45, 7) is 0.763. The lowest BCUT2D eigenvalue weighted by Crippen LogP contribution is -2.29. The number of rotatable bonds is 4. The maximum Gasteiger partial charge on any atom is 0.244 e. The van der Waals surface area contributed by atoms with E-state index in [-0.39, 0.29) is 10.9 Å². The molecule has 0 amide bonds. The van der Waals surface area contributed by atoms with Crippen molar-refractivity contribution in [3.05, 3.63) is 61.3 Å². The zero-order chi connectivity index (χ0) is 19.1. The minimum atomic E-state index is -3.59. The zero-order valence-corrected chi connectivity index (χ0v) is 15.7. The molecule has 4 aromatic rings. The van der Waals surface area contributed by atoms with Crippen molar-refractivity contribution in [3.8, 4) is 11.6 Å². The average molecular weight is 395 g/mol. The predicted molar refractivity (Wildman–Crippen MR) is 102 cm³/mol. The molecule has 1 fully saturated rings. The van der Waals surface area contributed by atoms with Gasteiger partial charge in [0, 0.05) is 31.7 Å². The summed E-state index contributed by atoms with van der Waals surface area (Å²) in [5.41, 5.74) is 1.47. The Morgan fingerprint density at radius 2 is 2.00 bits per heavy atom. The van der Waals surface area contributed by atoms with Crippen LogP contribution in [0, 0.1) is 0 Å². The molecule has 9 heteroatoms. The average Bonchev–Trinajstić information content (AvgIpc) is 3.46. The Morgan fingerprint density at radius 3 is 2.79 bits per heavy atom. The van der Waals surface area contributed by atoms with Crippen LogP contribution < -0.4 is 0 Å². The zero-order valence-electron chi connectivity index (χ0n) is 14.8. The molecule has 0 aliphatic carbocycles. The molecule has 0 spiro atoms. The van der Waals surface area contributed by atoms with Crippen LogP contribution in [0.3, 0.4) is 0 Å². The second kappa shape index (κ2) is 6.54. The summed E-state index contributed by atoms with van der Waals surface area (Å²) in [6.07, 6.45) is 6.91. The van der Waals surface area contributed by atoms with Gasteiger partial charge in [-0.25, -0.2) is 18.4 Å². The van der Waals surface area contributed by atoms with Crippen LogP contribution in [0.15, 0.2) is 70.6 Å². The van der Waals surface area contributed by atoms with Crippen LogP contribution in [0.4, 0.5) is 0 Å². The summed E-state index contributed by atoms with van der Waals surface area (Å²) >= 11 is 0. The topological polar surface area (TPSA) is 94.1 Å². The van der Waals surface area contributed by atoms with Crippen molar-refractivity contribution in [1.29, 1.82) is 0 Å². The number of fused-ring (bicyclic) bond motifs is 1. The lowest BCUT2D eigenvalue weighted by molar-refractivity contribution is 0.453. The van der Waals surface area contributed by atoms with E-state index in [0.29, 0.717) is 31.1 Å². The molecule has 1 atom stereocenters.